The van der Waals surface area contributed by atoms with Crippen LogP contribution in [0.2, 0.25) is 5.02 Å². The number of aliphatic hydroxyl groups excluding tert-OH is 1. The summed E-state index contributed by atoms with van der Waals surface area (Å²) in [7, 11) is 0. The minimum Gasteiger partial charge on any atom is -0.444 e. The first-order valence-corrected chi connectivity index (χ1v) is 9.89. The van der Waals surface area contributed by atoms with Crippen molar-refractivity contribution in [2.24, 2.45) is 0 Å². The van der Waals surface area contributed by atoms with Gasteiger partial charge in [0, 0.05) is 35.7 Å². The van der Waals surface area contributed by atoms with Gasteiger partial charge in [-0.05, 0) is 23.8 Å². The van der Waals surface area contributed by atoms with Crippen molar-refractivity contribution in [2.45, 2.75) is 25.1 Å². The molecule has 3 aromatic rings. The van der Waals surface area contributed by atoms with Gasteiger partial charge in [-0.2, -0.15) is 0 Å². The Bertz CT molecular complexity index is 1040. The van der Waals surface area contributed by atoms with E-state index in [0.717, 1.165) is 11.1 Å². The van der Waals surface area contributed by atoms with Crippen LogP contribution in [-0.2, 0) is 11.3 Å². The quantitative estimate of drug-likeness (QED) is 0.655. The number of amides is 2. The molecular formula is C22H20ClN3O4. The van der Waals surface area contributed by atoms with Crippen molar-refractivity contribution in [1.82, 2.24) is 15.2 Å². The summed E-state index contributed by atoms with van der Waals surface area (Å²) in [6, 6.07) is 13.4. The van der Waals surface area contributed by atoms with Crippen LogP contribution < -0.4 is 5.32 Å². The fraction of sp³-hybridized carbons (Fsp3) is 0.227. The number of carbonyl (C=O) groups is 2. The predicted molar refractivity (Wildman–Crippen MR) is 111 cm³/mol. The third-order valence-corrected chi connectivity index (χ3v) is 5.29. The molecule has 8 heteroatoms. The highest BCUT2D eigenvalue weighted by molar-refractivity contribution is 6.31. The summed E-state index contributed by atoms with van der Waals surface area (Å²) >= 11 is 5.98. The molecule has 30 heavy (non-hydrogen) atoms. The summed E-state index contributed by atoms with van der Waals surface area (Å²) in [5.41, 5.74) is 2.18. The number of carbonyl (C=O) groups excluding carboxylic acids is 2. The number of hydrogen-bond acceptors (Lipinski definition) is 5. The first-order chi connectivity index (χ1) is 14.5. The van der Waals surface area contributed by atoms with Crippen molar-refractivity contribution in [3.05, 3.63) is 77.3 Å². The van der Waals surface area contributed by atoms with E-state index in [2.05, 4.69) is 10.3 Å². The number of aliphatic hydroxyl groups is 1. The molecule has 0 spiro atoms. The van der Waals surface area contributed by atoms with Crippen LogP contribution in [0.25, 0.3) is 11.3 Å². The van der Waals surface area contributed by atoms with Crippen LogP contribution in [0.4, 0.5) is 0 Å². The van der Waals surface area contributed by atoms with Crippen molar-refractivity contribution in [1.29, 1.82) is 0 Å². The number of aromatic nitrogens is 1. The zero-order chi connectivity index (χ0) is 21.1. The molecule has 1 fully saturated rings. The average molecular weight is 426 g/mol. The number of benzene rings is 2. The SMILES string of the molecule is O=C(NCc1ccc(-c2cnco2)cc1)[C@@H]1C[C@@H](O)CN1C(=O)c1cccc(Cl)c1. The minimum absolute atomic E-state index is 0.106. The standard InChI is InChI=1S/C22H20ClN3O4/c23-17-3-1-2-16(8-17)22(29)26-12-18(27)9-19(26)21(28)25-10-14-4-6-15(7-5-14)20-11-24-13-30-20/h1-8,11,13,18-19,27H,9-10,12H2,(H,25,28)/t18-,19+/m1/s1. The molecule has 154 valence electrons. The molecule has 2 N–H and O–H groups in total. The molecule has 2 aromatic carbocycles. The van der Waals surface area contributed by atoms with E-state index in [-0.39, 0.29) is 24.8 Å². The van der Waals surface area contributed by atoms with E-state index < -0.39 is 12.1 Å². The lowest BCUT2D eigenvalue weighted by Crippen LogP contribution is -2.45. The van der Waals surface area contributed by atoms with Crippen molar-refractivity contribution >= 4 is 23.4 Å². The summed E-state index contributed by atoms with van der Waals surface area (Å²) in [4.78, 5) is 30.9. The predicted octanol–water partition coefficient (Wildman–Crippen LogP) is 2.89. The molecule has 1 aromatic heterocycles. The van der Waals surface area contributed by atoms with Gasteiger partial charge < -0.3 is 19.7 Å². The summed E-state index contributed by atoms with van der Waals surface area (Å²) in [6.07, 6.45) is 2.46. The Labute approximate surface area is 178 Å². The van der Waals surface area contributed by atoms with Crippen LogP contribution in [0.3, 0.4) is 0 Å². The normalized spacial score (nSPS) is 18.4. The van der Waals surface area contributed by atoms with Crippen LogP contribution in [0.5, 0.6) is 0 Å². The highest BCUT2D eigenvalue weighted by Crippen LogP contribution is 2.23. The molecule has 2 atom stereocenters. The number of nitrogens with one attached hydrogen (secondary N) is 1. The second-order valence-electron chi connectivity index (χ2n) is 7.15. The summed E-state index contributed by atoms with van der Waals surface area (Å²) in [6.45, 7) is 0.413. The Balaban J connectivity index is 1.41. The second-order valence-corrected chi connectivity index (χ2v) is 7.59. The van der Waals surface area contributed by atoms with E-state index >= 15 is 0 Å². The topological polar surface area (TPSA) is 95.7 Å². The van der Waals surface area contributed by atoms with Crippen molar-refractivity contribution in [3.63, 3.8) is 0 Å². The Morgan fingerprint density at radius 1 is 1.23 bits per heavy atom. The first kappa shape index (κ1) is 20.1. The van der Waals surface area contributed by atoms with Gasteiger partial charge in [0.1, 0.15) is 6.04 Å². The van der Waals surface area contributed by atoms with Gasteiger partial charge in [-0.1, -0.05) is 41.9 Å². The van der Waals surface area contributed by atoms with Crippen molar-refractivity contribution in [2.75, 3.05) is 6.54 Å². The molecule has 7 nitrogen and oxygen atoms in total. The number of nitrogens with zero attached hydrogens (tertiary/aromatic N) is 2. The number of halogens is 1. The van der Waals surface area contributed by atoms with E-state index in [0.29, 0.717) is 22.9 Å². The van der Waals surface area contributed by atoms with Gasteiger partial charge in [0.15, 0.2) is 12.2 Å². The third-order valence-electron chi connectivity index (χ3n) is 5.05. The third kappa shape index (κ3) is 4.37. The molecule has 1 aliphatic heterocycles. The van der Waals surface area contributed by atoms with Crippen molar-refractivity contribution < 1.29 is 19.1 Å². The van der Waals surface area contributed by atoms with Crippen LogP contribution in [0.1, 0.15) is 22.3 Å². The molecule has 1 aliphatic rings. The van der Waals surface area contributed by atoms with Crippen LogP contribution in [0, 0.1) is 0 Å². The number of likely N-dealkylation sites (tertiary alicyclic amines) is 1. The summed E-state index contributed by atoms with van der Waals surface area (Å²) in [5.74, 6) is 0.0348. The molecule has 4 rings (SSSR count). The molecule has 0 bridgehead atoms. The fourth-order valence-corrected chi connectivity index (χ4v) is 3.72. The van der Waals surface area contributed by atoms with Crippen molar-refractivity contribution in [3.8, 4) is 11.3 Å². The molecule has 1 saturated heterocycles. The molecule has 2 heterocycles. The fourth-order valence-electron chi connectivity index (χ4n) is 3.53. The van der Waals surface area contributed by atoms with Gasteiger partial charge in [-0.3, -0.25) is 9.59 Å². The van der Waals surface area contributed by atoms with E-state index in [4.69, 9.17) is 16.0 Å². The Morgan fingerprint density at radius 3 is 2.73 bits per heavy atom. The molecular weight excluding hydrogens is 406 g/mol. The molecule has 0 unspecified atom stereocenters. The Hall–Kier alpha value is -3.16. The summed E-state index contributed by atoms with van der Waals surface area (Å²) in [5, 5.41) is 13.4. The van der Waals surface area contributed by atoms with Crippen LogP contribution in [0.15, 0.2) is 65.5 Å². The average Bonchev–Trinajstić information content (AvgIpc) is 3.42. The zero-order valence-electron chi connectivity index (χ0n) is 16.0. The maximum absolute atomic E-state index is 12.8. The van der Waals surface area contributed by atoms with Gasteiger partial charge in [0.05, 0.1) is 12.3 Å². The minimum atomic E-state index is -0.745. The number of rotatable bonds is 5. The van der Waals surface area contributed by atoms with Gasteiger partial charge >= 0.3 is 0 Å². The molecule has 0 radical (unpaired) electrons. The van der Waals surface area contributed by atoms with E-state index in [1.807, 2.05) is 24.3 Å². The van der Waals surface area contributed by atoms with E-state index in [1.54, 1.807) is 30.5 Å². The second kappa shape index (κ2) is 8.69. The highest BCUT2D eigenvalue weighted by atomic mass is 35.5. The smallest absolute Gasteiger partial charge is 0.254 e. The summed E-state index contributed by atoms with van der Waals surface area (Å²) < 4.78 is 5.26. The lowest BCUT2D eigenvalue weighted by atomic mass is 10.1. The lowest BCUT2D eigenvalue weighted by molar-refractivity contribution is -0.125. The van der Waals surface area contributed by atoms with Gasteiger partial charge in [0.2, 0.25) is 5.91 Å². The molecule has 2 amide bonds. The lowest BCUT2D eigenvalue weighted by Gasteiger charge is -2.24. The monoisotopic (exact) mass is 425 g/mol. The van der Waals surface area contributed by atoms with Crippen LogP contribution in [-0.4, -0.2) is 45.5 Å². The zero-order valence-corrected chi connectivity index (χ0v) is 16.7. The maximum atomic E-state index is 12.8. The van der Waals surface area contributed by atoms with Gasteiger partial charge in [0.25, 0.3) is 5.91 Å². The number of hydrogen-bond donors (Lipinski definition) is 2. The maximum Gasteiger partial charge on any atom is 0.254 e. The Morgan fingerprint density at radius 2 is 2.03 bits per heavy atom. The molecule has 0 saturated carbocycles. The number of oxazole rings is 1. The van der Waals surface area contributed by atoms with Gasteiger partial charge in [-0.25, -0.2) is 4.98 Å². The largest absolute Gasteiger partial charge is 0.444 e. The van der Waals surface area contributed by atoms with E-state index in [1.165, 1.54) is 11.3 Å². The van der Waals surface area contributed by atoms with Crippen LogP contribution >= 0.6 is 11.6 Å². The number of β-amino-alcohol motifs (C(OH)–C–C–N with tert-alkyl or cyclic N) is 1. The Kier molecular flexibility index (Phi) is 5.83. The highest BCUT2D eigenvalue weighted by Gasteiger charge is 2.39. The van der Waals surface area contributed by atoms with Gasteiger partial charge in [-0.15, -0.1) is 0 Å². The molecule has 0 aliphatic carbocycles. The van der Waals surface area contributed by atoms with E-state index in [9.17, 15) is 14.7 Å². The first-order valence-electron chi connectivity index (χ1n) is 9.51.